The van der Waals surface area contributed by atoms with Crippen molar-refractivity contribution in [1.82, 2.24) is 0 Å². The van der Waals surface area contributed by atoms with Crippen molar-refractivity contribution in [1.29, 1.82) is 5.26 Å². The first-order valence-corrected chi connectivity index (χ1v) is 6.76. The Labute approximate surface area is 115 Å². The highest BCUT2D eigenvalue weighted by Crippen LogP contribution is 2.16. The summed E-state index contributed by atoms with van der Waals surface area (Å²) >= 11 is 1.37. The lowest BCUT2D eigenvalue weighted by molar-refractivity contribution is -0.113. The van der Waals surface area contributed by atoms with Crippen molar-refractivity contribution in [3.8, 4) is 6.07 Å². The largest absolute Gasteiger partial charge is 0.465 e. The van der Waals surface area contributed by atoms with E-state index in [4.69, 9.17) is 5.26 Å². The molecule has 1 N–H and O–H groups in total. The predicted octanol–water partition coefficient (Wildman–Crippen LogP) is 2.06. The number of methoxy groups -OCH3 is 1. The molecule has 19 heavy (non-hydrogen) atoms. The summed E-state index contributed by atoms with van der Waals surface area (Å²) in [4.78, 5) is 23.2. The molecule has 0 atom stereocenters. The van der Waals surface area contributed by atoms with E-state index >= 15 is 0 Å². The molecule has 0 aliphatic heterocycles. The summed E-state index contributed by atoms with van der Waals surface area (Å²) in [6.45, 7) is 0. The highest BCUT2D eigenvalue weighted by Gasteiger charge is 2.12. The SMILES string of the molecule is COC(=O)c1ccccc1NC(=O)CSCCC#N. The molecule has 0 fully saturated rings. The van der Waals surface area contributed by atoms with Gasteiger partial charge in [-0.3, -0.25) is 4.79 Å². The average Bonchev–Trinajstić information content (AvgIpc) is 2.43. The van der Waals surface area contributed by atoms with Crippen LogP contribution in [-0.2, 0) is 9.53 Å². The fourth-order valence-corrected chi connectivity index (χ4v) is 1.99. The number of carbonyl (C=O) groups is 2. The molecule has 6 heteroatoms. The van der Waals surface area contributed by atoms with Crippen molar-refractivity contribution >= 4 is 29.3 Å². The number of esters is 1. The third-order valence-corrected chi connectivity index (χ3v) is 3.16. The average molecular weight is 278 g/mol. The number of carbonyl (C=O) groups excluding carboxylic acids is 2. The first-order chi connectivity index (χ1) is 9.19. The zero-order valence-electron chi connectivity index (χ0n) is 10.5. The van der Waals surface area contributed by atoms with Gasteiger partial charge in [-0.1, -0.05) is 12.1 Å². The number of benzene rings is 1. The summed E-state index contributed by atoms with van der Waals surface area (Å²) in [5.74, 6) is 0.159. The fraction of sp³-hybridized carbons (Fsp3) is 0.308. The summed E-state index contributed by atoms with van der Waals surface area (Å²) in [6, 6.07) is 8.66. The number of amides is 1. The molecule has 1 amide bonds. The van der Waals surface area contributed by atoms with E-state index in [-0.39, 0.29) is 11.7 Å². The monoisotopic (exact) mass is 278 g/mol. The molecule has 1 aromatic carbocycles. The van der Waals surface area contributed by atoms with Crippen LogP contribution in [0.1, 0.15) is 16.8 Å². The maximum Gasteiger partial charge on any atom is 0.339 e. The van der Waals surface area contributed by atoms with E-state index < -0.39 is 5.97 Å². The molecule has 0 heterocycles. The molecule has 100 valence electrons. The molecule has 0 unspecified atom stereocenters. The third-order valence-electron chi connectivity index (χ3n) is 2.20. The van der Waals surface area contributed by atoms with Gasteiger partial charge in [-0.15, -0.1) is 0 Å². The molecule has 1 aromatic rings. The van der Waals surface area contributed by atoms with Crippen LogP contribution in [0.5, 0.6) is 0 Å². The summed E-state index contributed by atoms with van der Waals surface area (Å²) in [7, 11) is 1.29. The quantitative estimate of drug-likeness (QED) is 0.636. The Morgan fingerprint density at radius 1 is 1.42 bits per heavy atom. The minimum atomic E-state index is -0.493. The minimum Gasteiger partial charge on any atom is -0.465 e. The molecule has 1 rings (SSSR count). The molecule has 0 bridgehead atoms. The first-order valence-electron chi connectivity index (χ1n) is 5.61. The van der Waals surface area contributed by atoms with E-state index in [0.29, 0.717) is 23.4 Å². The van der Waals surface area contributed by atoms with Crippen LogP contribution in [0.2, 0.25) is 0 Å². The van der Waals surface area contributed by atoms with Gasteiger partial charge in [0.15, 0.2) is 0 Å². The topological polar surface area (TPSA) is 79.2 Å². The van der Waals surface area contributed by atoms with Crippen molar-refractivity contribution < 1.29 is 14.3 Å². The van der Waals surface area contributed by atoms with Crippen LogP contribution in [-0.4, -0.2) is 30.5 Å². The molecule has 0 aliphatic carbocycles. The number of nitriles is 1. The second kappa shape index (κ2) is 8.16. The van der Waals surface area contributed by atoms with E-state index in [2.05, 4.69) is 10.1 Å². The van der Waals surface area contributed by atoms with Gasteiger partial charge < -0.3 is 10.1 Å². The number of para-hydroxylation sites is 1. The van der Waals surface area contributed by atoms with E-state index in [9.17, 15) is 9.59 Å². The highest BCUT2D eigenvalue weighted by atomic mass is 32.2. The molecule has 0 aromatic heterocycles. The fourth-order valence-electron chi connectivity index (χ4n) is 1.35. The Bertz CT molecular complexity index is 497. The second-order valence-corrected chi connectivity index (χ2v) is 4.65. The summed E-state index contributed by atoms with van der Waals surface area (Å²) in [6.07, 6.45) is 0.413. The van der Waals surface area contributed by atoms with Gasteiger partial charge in [0.25, 0.3) is 0 Å². The van der Waals surface area contributed by atoms with E-state index in [0.717, 1.165) is 0 Å². The molecular formula is C13H14N2O3S. The van der Waals surface area contributed by atoms with Gasteiger partial charge in [-0.25, -0.2) is 4.79 Å². The van der Waals surface area contributed by atoms with Crippen molar-refractivity contribution in [3.63, 3.8) is 0 Å². The van der Waals surface area contributed by atoms with Gasteiger partial charge in [0, 0.05) is 12.2 Å². The molecule has 0 saturated carbocycles. The van der Waals surface area contributed by atoms with Gasteiger partial charge in [-0.05, 0) is 12.1 Å². The van der Waals surface area contributed by atoms with Gasteiger partial charge in [0.05, 0.1) is 30.2 Å². The maximum absolute atomic E-state index is 11.7. The highest BCUT2D eigenvalue weighted by molar-refractivity contribution is 7.99. The van der Waals surface area contributed by atoms with Crippen molar-refractivity contribution in [3.05, 3.63) is 29.8 Å². The molecule has 0 saturated heterocycles. The Kier molecular flexibility index (Phi) is 6.47. The van der Waals surface area contributed by atoms with Crippen molar-refractivity contribution in [2.24, 2.45) is 0 Å². The zero-order valence-corrected chi connectivity index (χ0v) is 11.3. The number of hydrogen-bond acceptors (Lipinski definition) is 5. The Balaban J connectivity index is 2.59. The van der Waals surface area contributed by atoms with Crippen LogP contribution in [0.3, 0.4) is 0 Å². The zero-order chi connectivity index (χ0) is 14.1. The lowest BCUT2D eigenvalue weighted by Gasteiger charge is -2.09. The van der Waals surface area contributed by atoms with Gasteiger partial charge in [0.2, 0.25) is 5.91 Å². The smallest absolute Gasteiger partial charge is 0.339 e. The van der Waals surface area contributed by atoms with Crippen LogP contribution in [0.25, 0.3) is 0 Å². The van der Waals surface area contributed by atoms with Crippen LogP contribution in [0.4, 0.5) is 5.69 Å². The summed E-state index contributed by atoms with van der Waals surface area (Å²) in [5, 5.41) is 11.0. The Hall–Kier alpha value is -2.00. The number of anilines is 1. The first kappa shape index (κ1) is 15.1. The minimum absolute atomic E-state index is 0.209. The van der Waals surface area contributed by atoms with Crippen LogP contribution < -0.4 is 5.32 Å². The number of hydrogen-bond donors (Lipinski definition) is 1. The number of nitrogens with one attached hydrogen (secondary N) is 1. The van der Waals surface area contributed by atoms with Gasteiger partial charge in [-0.2, -0.15) is 17.0 Å². The van der Waals surface area contributed by atoms with Crippen molar-refractivity contribution in [2.75, 3.05) is 23.9 Å². The number of ether oxygens (including phenoxy) is 1. The number of rotatable bonds is 6. The number of nitrogens with zero attached hydrogens (tertiary/aromatic N) is 1. The maximum atomic E-state index is 11.7. The standard InChI is InChI=1S/C13H14N2O3S/c1-18-13(17)10-5-2-3-6-11(10)15-12(16)9-19-8-4-7-14/h2-3,5-6H,4,8-9H2,1H3,(H,15,16). The molecule has 0 spiro atoms. The van der Waals surface area contributed by atoms with E-state index in [1.165, 1.54) is 18.9 Å². The molecule has 5 nitrogen and oxygen atoms in total. The normalized spacial score (nSPS) is 9.47. The van der Waals surface area contributed by atoms with Crippen LogP contribution in [0, 0.1) is 11.3 Å². The second-order valence-electron chi connectivity index (χ2n) is 3.55. The summed E-state index contributed by atoms with van der Waals surface area (Å²) < 4.78 is 4.64. The van der Waals surface area contributed by atoms with Gasteiger partial charge in [0.1, 0.15) is 0 Å². The van der Waals surface area contributed by atoms with Crippen LogP contribution in [0.15, 0.2) is 24.3 Å². The van der Waals surface area contributed by atoms with E-state index in [1.54, 1.807) is 24.3 Å². The van der Waals surface area contributed by atoms with Crippen molar-refractivity contribution in [2.45, 2.75) is 6.42 Å². The molecule has 0 aliphatic rings. The molecular weight excluding hydrogens is 264 g/mol. The van der Waals surface area contributed by atoms with Gasteiger partial charge >= 0.3 is 5.97 Å². The Morgan fingerprint density at radius 3 is 2.84 bits per heavy atom. The third kappa shape index (κ3) is 5.02. The number of thioether (sulfide) groups is 1. The molecule has 0 radical (unpaired) electrons. The lowest BCUT2D eigenvalue weighted by atomic mass is 10.2. The Morgan fingerprint density at radius 2 is 2.16 bits per heavy atom. The summed E-state index contributed by atoms with van der Waals surface area (Å²) in [5.41, 5.74) is 0.751. The van der Waals surface area contributed by atoms with Crippen LogP contribution >= 0.6 is 11.8 Å². The van der Waals surface area contributed by atoms with E-state index in [1.807, 2.05) is 6.07 Å². The lowest BCUT2D eigenvalue weighted by Crippen LogP contribution is -2.17. The predicted molar refractivity (Wildman–Crippen MR) is 74.0 cm³/mol.